The number of methoxy groups -OCH3 is 1. The van der Waals surface area contributed by atoms with Gasteiger partial charge in [-0.1, -0.05) is 18.2 Å². The highest BCUT2D eigenvalue weighted by Gasteiger charge is 2.37. The van der Waals surface area contributed by atoms with Crippen LogP contribution in [-0.2, 0) is 16.1 Å². The average Bonchev–Trinajstić information content (AvgIpc) is 3.53. The summed E-state index contributed by atoms with van der Waals surface area (Å²) in [5.74, 6) is 0.169. The van der Waals surface area contributed by atoms with Crippen LogP contribution >= 0.6 is 11.6 Å². The fourth-order valence-electron chi connectivity index (χ4n) is 4.76. The van der Waals surface area contributed by atoms with Crippen molar-refractivity contribution in [1.29, 1.82) is 0 Å². The monoisotopic (exact) mass is 480 g/mol. The van der Waals surface area contributed by atoms with E-state index in [1.54, 1.807) is 18.3 Å². The molecule has 1 amide bonds. The number of imidazole rings is 1. The molecular formula is C23H25ClN8O2. The molecule has 4 aromatic rings. The van der Waals surface area contributed by atoms with Crippen molar-refractivity contribution in [2.45, 2.75) is 32.0 Å². The van der Waals surface area contributed by atoms with Crippen molar-refractivity contribution in [3.8, 4) is 11.3 Å². The third kappa shape index (κ3) is 3.50. The number of aryl methyl sites for hydroxylation is 1. The van der Waals surface area contributed by atoms with Crippen LogP contribution in [0.4, 0.5) is 5.82 Å². The topological polar surface area (TPSA) is 117 Å². The molecule has 0 saturated carbocycles. The van der Waals surface area contributed by atoms with Gasteiger partial charge in [0.2, 0.25) is 5.91 Å². The van der Waals surface area contributed by atoms with Crippen molar-refractivity contribution in [3.05, 3.63) is 42.5 Å². The second kappa shape index (κ2) is 8.69. The first kappa shape index (κ1) is 22.3. The van der Waals surface area contributed by atoms with Crippen molar-refractivity contribution in [1.82, 2.24) is 34.2 Å². The largest absolute Gasteiger partial charge is 0.383 e. The lowest BCUT2D eigenvalue weighted by Gasteiger charge is -2.22. The van der Waals surface area contributed by atoms with Crippen molar-refractivity contribution in [2.75, 3.05) is 26.0 Å². The van der Waals surface area contributed by atoms with Crippen LogP contribution < -0.4 is 5.73 Å². The van der Waals surface area contributed by atoms with Crippen molar-refractivity contribution >= 4 is 45.4 Å². The fraction of sp³-hybridized carbons (Fsp3) is 0.348. The predicted molar refractivity (Wildman–Crippen MR) is 130 cm³/mol. The van der Waals surface area contributed by atoms with E-state index in [9.17, 15) is 4.79 Å². The number of ether oxygens (including phenoxy) is 1. The smallest absolute Gasteiger partial charge is 0.246 e. The number of likely N-dealkylation sites (tertiary alicyclic amines) is 1. The molecule has 0 radical (unpaired) electrons. The minimum Gasteiger partial charge on any atom is -0.383 e. The maximum Gasteiger partial charge on any atom is 0.246 e. The molecule has 0 aliphatic carbocycles. The highest BCUT2D eigenvalue weighted by atomic mass is 35.5. The molecule has 2 atom stereocenters. The van der Waals surface area contributed by atoms with Gasteiger partial charge in [-0.2, -0.15) is 5.10 Å². The van der Waals surface area contributed by atoms with E-state index in [4.69, 9.17) is 27.2 Å². The van der Waals surface area contributed by atoms with Crippen LogP contribution in [0.15, 0.2) is 37.4 Å². The Balaban J connectivity index is 1.65. The van der Waals surface area contributed by atoms with Gasteiger partial charge in [0.15, 0.2) is 5.65 Å². The molecule has 1 saturated heterocycles. The van der Waals surface area contributed by atoms with E-state index in [0.717, 1.165) is 17.6 Å². The third-order valence-electron chi connectivity index (χ3n) is 6.38. The first-order chi connectivity index (χ1) is 16.5. The van der Waals surface area contributed by atoms with Crippen LogP contribution in [0.25, 0.3) is 33.3 Å². The van der Waals surface area contributed by atoms with E-state index < -0.39 is 0 Å². The lowest BCUT2D eigenvalue weighted by atomic mass is 10.1. The summed E-state index contributed by atoms with van der Waals surface area (Å²) in [5, 5.41) is 6.07. The van der Waals surface area contributed by atoms with Gasteiger partial charge in [-0.3, -0.25) is 4.79 Å². The number of nitrogens with zero attached hydrogens (tertiary/aromatic N) is 7. The summed E-state index contributed by atoms with van der Waals surface area (Å²) < 4.78 is 9.21. The number of anilines is 1. The maximum atomic E-state index is 12.5. The number of amides is 1. The van der Waals surface area contributed by atoms with Gasteiger partial charge in [-0.25, -0.2) is 19.6 Å². The number of nitrogens with two attached hydrogens (primary N) is 1. The number of rotatable bonds is 6. The lowest BCUT2D eigenvalue weighted by Crippen LogP contribution is -2.37. The number of carbonyl (C=O) groups is 1. The number of carbonyl (C=O) groups excluding carboxylic acids is 1. The van der Waals surface area contributed by atoms with Crippen molar-refractivity contribution < 1.29 is 9.53 Å². The molecule has 0 bridgehead atoms. The molecule has 176 valence electrons. The van der Waals surface area contributed by atoms with Gasteiger partial charge in [0.05, 0.1) is 46.5 Å². The summed E-state index contributed by atoms with van der Waals surface area (Å²) in [6.45, 7) is 7.34. The van der Waals surface area contributed by atoms with Gasteiger partial charge in [0.25, 0.3) is 0 Å². The van der Waals surface area contributed by atoms with Gasteiger partial charge in [0, 0.05) is 25.8 Å². The quantitative estimate of drug-likeness (QED) is 0.421. The summed E-state index contributed by atoms with van der Waals surface area (Å²) >= 11 is 6.74. The number of benzene rings is 1. The zero-order valence-electron chi connectivity index (χ0n) is 19.0. The normalized spacial score (nSPS) is 18.3. The molecule has 1 aromatic carbocycles. The van der Waals surface area contributed by atoms with Gasteiger partial charge >= 0.3 is 0 Å². The fourth-order valence-corrected chi connectivity index (χ4v) is 5.00. The molecule has 3 aromatic heterocycles. The Morgan fingerprint density at radius 1 is 1.35 bits per heavy atom. The Morgan fingerprint density at radius 2 is 2.18 bits per heavy atom. The highest BCUT2D eigenvalue weighted by molar-refractivity contribution is 6.34. The second-order valence-corrected chi connectivity index (χ2v) is 8.70. The third-order valence-corrected chi connectivity index (χ3v) is 6.69. The molecule has 4 heterocycles. The minimum atomic E-state index is -0.143. The van der Waals surface area contributed by atoms with E-state index >= 15 is 0 Å². The predicted octanol–water partition coefficient (Wildman–Crippen LogP) is 3.07. The number of aromatic nitrogens is 6. The SMILES string of the molecule is C=CC(=O)N1C[C@@H](n2nc(-c3cc4ncn(CC)c4cc3Cl)c3c(N)ncnc32)C[C@@H]1COC. The number of hydrogen-bond acceptors (Lipinski definition) is 7. The Morgan fingerprint density at radius 3 is 2.91 bits per heavy atom. The molecule has 1 aliphatic heterocycles. The zero-order valence-corrected chi connectivity index (χ0v) is 19.7. The maximum absolute atomic E-state index is 12.5. The zero-order chi connectivity index (χ0) is 24.0. The molecule has 11 heteroatoms. The molecule has 5 rings (SSSR count). The Bertz CT molecular complexity index is 1410. The van der Waals surface area contributed by atoms with Gasteiger partial charge in [0.1, 0.15) is 17.8 Å². The minimum absolute atomic E-state index is 0.0969. The molecular weight excluding hydrogens is 456 g/mol. The lowest BCUT2D eigenvalue weighted by molar-refractivity contribution is -0.127. The number of fused-ring (bicyclic) bond motifs is 2. The van der Waals surface area contributed by atoms with Crippen LogP contribution in [0.2, 0.25) is 5.02 Å². The van der Waals surface area contributed by atoms with Gasteiger partial charge < -0.3 is 19.9 Å². The van der Waals surface area contributed by atoms with Crippen LogP contribution in [0.3, 0.4) is 0 Å². The summed E-state index contributed by atoms with van der Waals surface area (Å²) in [6.07, 6.45) is 5.18. The van der Waals surface area contributed by atoms with E-state index in [1.165, 1.54) is 12.4 Å². The van der Waals surface area contributed by atoms with E-state index in [2.05, 4.69) is 28.5 Å². The summed E-state index contributed by atoms with van der Waals surface area (Å²) in [5.41, 5.74) is 9.93. The van der Waals surface area contributed by atoms with E-state index in [0.29, 0.717) is 52.7 Å². The Kier molecular flexibility index (Phi) is 5.70. The molecule has 1 fully saturated rings. The van der Waals surface area contributed by atoms with Gasteiger partial charge in [-0.15, -0.1) is 0 Å². The molecule has 34 heavy (non-hydrogen) atoms. The summed E-state index contributed by atoms with van der Waals surface area (Å²) in [4.78, 5) is 27.4. The second-order valence-electron chi connectivity index (χ2n) is 8.30. The van der Waals surface area contributed by atoms with Crippen LogP contribution in [-0.4, -0.2) is 66.4 Å². The van der Waals surface area contributed by atoms with Crippen molar-refractivity contribution in [2.24, 2.45) is 0 Å². The molecule has 0 spiro atoms. The van der Waals surface area contributed by atoms with E-state index in [1.807, 2.05) is 21.4 Å². The highest BCUT2D eigenvalue weighted by Crippen LogP contribution is 2.39. The first-order valence-electron chi connectivity index (χ1n) is 11.0. The van der Waals surface area contributed by atoms with E-state index in [-0.39, 0.29) is 18.0 Å². The molecule has 2 N–H and O–H groups in total. The Labute approximate surface area is 201 Å². The summed E-state index contributed by atoms with van der Waals surface area (Å²) in [7, 11) is 1.62. The molecule has 0 unspecified atom stereocenters. The van der Waals surface area contributed by atoms with Crippen molar-refractivity contribution in [3.63, 3.8) is 0 Å². The first-order valence-corrected chi connectivity index (χ1v) is 11.4. The molecule has 1 aliphatic rings. The number of nitrogen functional groups attached to an aromatic ring is 1. The standard InChI is InChI=1S/C23H25ClN8O2/c1-4-19(33)31-9-13(6-14(31)10-34-3)32-23-20(22(25)26-11-27-23)21(29-32)15-7-17-18(8-16(15)24)30(5-2)12-28-17/h4,7-8,11-14H,1,5-6,9-10H2,2-3H3,(H2,25,26,27)/t13-,14+/m0/s1. The van der Waals surface area contributed by atoms with Crippen LogP contribution in [0.1, 0.15) is 19.4 Å². The van der Waals surface area contributed by atoms with Gasteiger partial charge in [-0.05, 0) is 31.6 Å². The van der Waals surface area contributed by atoms with Crippen LogP contribution in [0, 0.1) is 0 Å². The number of hydrogen-bond donors (Lipinski definition) is 1. The average molecular weight is 481 g/mol. The number of halogens is 1. The summed E-state index contributed by atoms with van der Waals surface area (Å²) in [6, 6.07) is 3.58. The van der Waals surface area contributed by atoms with Crippen LogP contribution in [0.5, 0.6) is 0 Å². The Hall–Kier alpha value is -3.50. The molecule has 10 nitrogen and oxygen atoms in total.